The van der Waals surface area contributed by atoms with Crippen molar-refractivity contribution in [3.63, 3.8) is 0 Å². The lowest BCUT2D eigenvalue weighted by Crippen LogP contribution is -2.55. The number of carbonyl (C=O) groups excluding carboxylic acids is 1. The number of benzene rings is 2. The lowest BCUT2D eigenvalue weighted by Gasteiger charge is -2.43. The van der Waals surface area contributed by atoms with Gasteiger partial charge in [-0.3, -0.25) is 4.79 Å². The van der Waals surface area contributed by atoms with E-state index in [2.05, 4.69) is 4.72 Å². The number of sulfonamides is 1. The minimum atomic E-state index is -3.80. The number of anilines is 1. The molecule has 7 nitrogen and oxygen atoms in total. The standard InChI is InChI=1S/C24H29ClFN3O4S/c1-14-9-18(34(32,33)27-24(2,3)4)11-21(22(14)30)29-16-6-7-17(29)13-28(12-16)23(31)19-8-5-15(26)10-20(19)25/h5,8-11,16-17,27,30H,6-7,12-13H2,1-4H3. The van der Waals surface area contributed by atoms with Gasteiger partial charge in [-0.15, -0.1) is 0 Å². The number of aryl methyl sites for hydroxylation is 1. The molecule has 2 N–H and O–H groups in total. The van der Waals surface area contributed by atoms with Crippen LogP contribution in [0.2, 0.25) is 5.02 Å². The van der Waals surface area contributed by atoms with E-state index in [1.165, 1.54) is 24.3 Å². The number of phenols is 1. The molecule has 34 heavy (non-hydrogen) atoms. The summed E-state index contributed by atoms with van der Waals surface area (Å²) in [6.45, 7) is 7.75. The van der Waals surface area contributed by atoms with E-state index in [-0.39, 0.29) is 39.2 Å². The minimum Gasteiger partial charge on any atom is -0.505 e. The van der Waals surface area contributed by atoms with Crippen LogP contribution in [0.4, 0.5) is 10.1 Å². The summed E-state index contributed by atoms with van der Waals surface area (Å²) in [5.41, 5.74) is 0.504. The minimum absolute atomic E-state index is 0.0352. The summed E-state index contributed by atoms with van der Waals surface area (Å²) in [6, 6.07) is 6.50. The highest BCUT2D eigenvalue weighted by atomic mass is 35.5. The van der Waals surface area contributed by atoms with Crippen LogP contribution in [0.15, 0.2) is 35.2 Å². The van der Waals surface area contributed by atoms with E-state index < -0.39 is 21.4 Å². The summed E-state index contributed by atoms with van der Waals surface area (Å²) in [5.74, 6) is -0.742. The molecule has 10 heteroatoms. The number of phenolic OH excluding ortho intramolecular Hbond substituents is 1. The van der Waals surface area contributed by atoms with E-state index in [1.54, 1.807) is 32.6 Å². The molecule has 2 unspecified atom stereocenters. The van der Waals surface area contributed by atoms with Gasteiger partial charge in [0.1, 0.15) is 11.6 Å². The number of aromatic hydroxyl groups is 1. The number of rotatable bonds is 4. The van der Waals surface area contributed by atoms with E-state index in [1.807, 2.05) is 4.90 Å². The van der Waals surface area contributed by atoms with Crippen molar-refractivity contribution in [3.05, 3.63) is 52.3 Å². The van der Waals surface area contributed by atoms with Crippen LogP contribution in [-0.2, 0) is 10.0 Å². The van der Waals surface area contributed by atoms with Crippen molar-refractivity contribution in [1.82, 2.24) is 9.62 Å². The van der Waals surface area contributed by atoms with Crippen LogP contribution in [0.5, 0.6) is 5.75 Å². The summed E-state index contributed by atoms with van der Waals surface area (Å²) < 4.78 is 42.0. The molecule has 0 spiro atoms. The van der Waals surface area contributed by atoms with Gasteiger partial charge in [0.15, 0.2) is 0 Å². The van der Waals surface area contributed by atoms with Crippen LogP contribution in [0.3, 0.4) is 0 Å². The zero-order valence-corrected chi connectivity index (χ0v) is 21.2. The Hall–Kier alpha value is -2.36. The number of likely N-dealkylation sites (tertiary alicyclic amines) is 1. The fourth-order valence-corrected chi connectivity index (χ4v) is 6.61. The van der Waals surface area contributed by atoms with Crippen molar-refractivity contribution in [2.24, 2.45) is 0 Å². The van der Waals surface area contributed by atoms with Crippen molar-refractivity contribution in [2.75, 3.05) is 18.0 Å². The molecule has 0 radical (unpaired) electrons. The van der Waals surface area contributed by atoms with Crippen molar-refractivity contribution in [2.45, 2.75) is 63.1 Å². The van der Waals surface area contributed by atoms with Gasteiger partial charge in [-0.05, 0) is 76.4 Å². The van der Waals surface area contributed by atoms with E-state index in [9.17, 15) is 22.7 Å². The Kier molecular flexibility index (Phi) is 6.33. The average Bonchev–Trinajstić information content (AvgIpc) is 2.96. The molecular formula is C24H29ClFN3O4S. The fraction of sp³-hybridized carbons (Fsp3) is 0.458. The Morgan fingerprint density at radius 1 is 1.15 bits per heavy atom. The maximum Gasteiger partial charge on any atom is 0.255 e. The first-order valence-electron chi connectivity index (χ1n) is 11.2. The number of halogens is 2. The van der Waals surface area contributed by atoms with Crippen LogP contribution in [0.1, 0.15) is 49.5 Å². The van der Waals surface area contributed by atoms with Crippen LogP contribution >= 0.6 is 11.6 Å². The highest BCUT2D eigenvalue weighted by Crippen LogP contribution is 2.42. The van der Waals surface area contributed by atoms with Gasteiger partial charge in [0.05, 0.1) is 21.2 Å². The SMILES string of the molecule is Cc1cc(S(=O)(=O)NC(C)(C)C)cc(N2C3CCC2CN(C(=O)c2ccc(F)cc2Cl)C3)c1O. The molecule has 0 aromatic heterocycles. The largest absolute Gasteiger partial charge is 0.505 e. The number of nitrogens with zero attached hydrogens (tertiary/aromatic N) is 2. The van der Waals surface area contributed by atoms with Crippen LogP contribution < -0.4 is 9.62 Å². The summed E-state index contributed by atoms with van der Waals surface area (Å²) in [7, 11) is -3.80. The molecule has 2 aliphatic rings. The van der Waals surface area contributed by atoms with Gasteiger partial charge in [-0.1, -0.05) is 11.6 Å². The molecule has 0 saturated carbocycles. The highest BCUT2D eigenvalue weighted by Gasteiger charge is 2.43. The second kappa shape index (κ2) is 8.70. The van der Waals surface area contributed by atoms with Crippen molar-refractivity contribution in [3.8, 4) is 5.75 Å². The fourth-order valence-electron chi connectivity index (χ4n) is 4.84. The van der Waals surface area contributed by atoms with Crippen LogP contribution in [0.25, 0.3) is 0 Å². The number of carbonyl (C=O) groups is 1. The molecule has 2 heterocycles. The number of hydrogen-bond acceptors (Lipinski definition) is 5. The molecule has 0 aliphatic carbocycles. The Balaban J connectivity index is 1.64. The molecule has 184 valence electrons. The van der Waals surface area contributed by atoms with E-state index in [4.69, 9.17) is 11.6 Å². The maximum absolute atomic E-state index is 13.4. The van der Waals surface area contributed by atoms with Gasteiger partial charge >= 0.3 is 0 Å². The lowest BCUT2D eigenvalue weighted by molar-refractivity contribution is 0.0718. The van der Waals surface area contributed by atoms with Gasteiger partial charge in [0.2, 0.25) is 10.0 Å². The second-order valence-corrected chi connectivity index (χ2v) is 12.2. The molecule has 2 saturated heterocycles. The first-order chi connectivity index (χ1) is 15.8. The average molecular weight is 510 g/mol. The number of nitrogens with one attached hydrogen (secondary N) is 1. The van der Waals surface area contributed by atoms with E-state index in [0.717, 1.165) is 18.9 Å². The normalized spacial score (nSPS) is 20.6. The van der Waals surface area contributed by atoms with Crippen LogP contribution in [0, 0.1) is 12.7 Å². The van der Waals surface area contributed by atoms with E-state index in [0.29, 0.717) is 24.3 Å². The topological polar surface area (TPSA) is 90.0 Å². The predicted molar refractivity (Wildman–Crippen MR) is 130 cm³/mol. The van der Waals surface area contributed by atoms with Crippen molar-refractivity contribution < 1.29 is 22.7 Å². The summed E-state index contributed by atoms with van der Waals surface area (Å²) >= 11 is 6.11. The molecule has 2 aliphatic heterocycles. The highest BCUT2D eigenvalue weighted by molar-refractivity contribution is 7.89. The molecule has 2 atom stereocenters. The number of piperazine rings is 1. The molecule has 2 fully saturated rings. The van der Waals surface area contributed by atoms with Gasteiger partial charge in [-0.25, -0.2) is 17.5 Å². The molecule has 2 aromatic carbocycles. The maximum atomic E-state index is 13.4. The lowest BCUT2D eigenvalue weighted by atomic mass is 10.1. The molecule has 4 rings (SSSR count). The predicted octanol–water partition coefficient (Wildman–Crippen LogP) is 4.06. The number of amides is 1. The monoisotopic (exact) mass is 509 g/mol. The zero-order chi connectivity index (χ0) is 25.0. The molecule has 2 bridgehead atoms. The smallest absolute Gasteiger partial charge is 0.255 e. The number of hydrogen-bond donors (Lipinski definition) is 2. The Labute approximate surface area is 204 Å². The first kappa shape index (κ1) is 24.8. The third-order valence-electron chi connectivity index (χ3n) is 6.21. The van der Waals surface area contributed by atoms with Gasteiger partial charge in [0, 0.05) is 30.7 Å². The van der Waals surface area contributed by atoms with Gasteiger partial charge < -0.3 is 14.9 Å². The first-order valence-corrected chi connectivity index (χ1v) is 13.0. The zero-order valence-electron chi connectivity index (χ0n) is 19.6. The molecule has 1 amide bonds. The van der Waals surface area contributed by atoms with Crippen LogP contribution in [-0.4, -0.2) is 55.0 Å². The van der Waals surface area contributed by atoms with Gasteiger partial charge in [0.25, 0.3) is 5.91 Å². The van der Waals surface area contributed by atoms with Gasteiger partial charge in [-0.2, -0.15) is 0 Å². The Morgan fingerprint density at radius 3 is 2.32 bits per heavy atom. The molecular weight excluding hydrogens is 481 g/mol. The van der Waals surface area contributed by atoms with Crippen molar-refractivity contribution >= 4 is 33.2 Å². The second-order valence-electron chi connectivity index (χ2n) is 10.1. The Bertz CT molecular complexity index is 1230. The quantitative estimate of drug-likeness (QED) is 0.648. The summed E-state index contributed by atoms with van der Waals surface area (Å²) in [6.07, 6.45) is 1.59. The Morgan fingerprint density at radius 2 is 1.76 bits per heavy atom. The number of fused-ring (bicyclic) bond motifs is 2. The molecule has 2 aromatic rings. The summed E-state index contributed by atoms with van der Waals surface area (Å²) in [5, 5.41) is 10.9. The van der Waals surface area contributed by atoms with Crippen molar-refractivity contribution in [1.29, 1.82) is 0 Å². The third kappa shape index (κ3) is 4.74. The third-order valence-corrected chi connectivity index (χ3v) is 8.26. The van der Waals surface area contributed by atoms with E-state index >= 15 is 0 Å². The summed E-state index contributed by atoms with van der Waals surface area (Å²) in [4.78, 5) is 16.9.